The molecule has 0 saturated heterocycles. The molecule has 1 aromatic carbocycles. The highest BCUT2D eigenvalue weighted by Crippen LogP contribution is 2.26. The number of nitrogens with one attached hydrogen (secondary N) is 1. The van der Waals surface area contributed by atoms with Gasteiger partial charge in [-0.25, -0.2) is 4.39 Å². The van der Waals surface area contributed by atoms with Gasteiger partial charge in [-0.3, -0.25) is 0 Å². The molecule has 0 spiro atoms. The van der Waals surface area contributed by atoms with Crippen LogP contribution in [0.4, 0.5) is 4.39 Å². The third-order valence-electron chi connectivity index (χ3n) is 2.57. The van der Waals surface area contributed by atoms with Gasteiger partial charge in [0.25, 0.3) is 0 Å². The summed E-state index contributed by atoms with van der Waals surface area (Å²) in [7, 11) is 0. The number of halogens is 1. The van der Waals surface area contributed by atoms with Gasteiger partial charge in [-0.05, 0) is 31.6 Å². The first-order valence-electron chi connectivity index (χ1n) is 6.09. The molecule has 0 saturated carbocycles. The number of hydrogen-bond donors (Lipinski definition) is 1. The van der Waals surface area contributed by atoms with E-state index in [-0.39, 0.29) is 5.82 Å². The van der Waals surface area contributed by atoms with Crippen LogP contribution in [-0.4, -0.2) is 23.3 Å². The van der Waals surface area contributed by atoms with Crippen molar-refractivity contribution in [2.75, 3.05) is 13.1 Å². The summed E-state index contributed by atoms with van der Waals surface area (Å²) >= 11 is 1.47. The van der Waals surface area contributed by atoms with Gasteiger partial charge in [0.05, 0.1) is 0 Å². The van der Waals surface area contributed by atoms with Crippen molar-refractivity contribution < 1.29 is 4.39 Å². The molecule has 1 N–H and O–H groups in total. The summed E-state index contributed by atoms with van der Waals surface area (Å²) < 4.78 is 13.6. The van der Waals surface area contributed by atoms with Gasteiger partial charge < -0.3 is 5.32 Å². The predicted octanol–water partition coefficient (Wildman–Crippen LogP) is 2.89. The Morgan fingerprint density at radius 1 is 1.28 bits per heavy atom. The molecule has 96 valence electrons. The lowest BCUT2D eigenvalue weighted by atomic mass is 10.2. The lowest BCUT2D eigenvalue weighted by Crippen LogP contribution is -2.14. The molecule has 3 nitrogen and oxygen atoms in total. The summed E-state index contributed by atoms with van der Waals surface area (Å²) in [6.07, 6.45) is 1.92. The lowest BCUT2D eigenvalue weighted by Gasteiger charge is -1.98. The van der Waals surface area contributed by atoms with E-state index >= 15 is 0 Å². The number of benzene rings is 1. The highest BCUT2D eigenvalue weighted by Gasteiger charge is 2.10. The molecule has 0 atom stereocenters. The summed E-state index contributed by atoms with van der Waals surface area (Å²) in [4.78, 5) is 0. The van der Waals surface area contributed by atoms with E-state index in [4.69, 9.17) is 0 Å². The molecule has 0 fully saturated rings. The SMILES string of the molecule is CCNCCCc1nnc(-c2ccccc2F)s1. The number of hydrogen-bond acceptors (Lipinski definition) is 4. The molecule has 0 aliphatic rings. The zero-order valence-corrected chi connectivity index (χ0v) is 11.1. The molecule has 5 heteroatoms. The molecule has 0 aliphatic carbocycles. The van der Waals surface area contributed by atoms with Crippen LogP contribution in [-0.2, 0) is 6.42 Å². The monoisotopic (exact) mass is 265 g/mol. The topological polar surface area (TPSA) is 37.8 Å². The van der Waals surface area contributed by atoms with Gasteiger partial charge in [-0.15, -0.1) is 10.2 Å². The minimum Gasteiger partial charge on any atom is -0.317 e. The van der Waals surface area contributed by atoms with Crippen molar-refractivity contribution in [3.63, 3.8) is 0 Å². The van der Waals surface area contributed by atoms with Crippen LogP contribution in [0.5, 0.6) is 0 Å². The fraction of sp³-hybridized carbons (Fsp3) is 0.385. The summed E-state index contributed by atoms with van der Waals surface area (Å²) in [5, 5.41) is 13.0. The van der Waals surface area contributed by atoms with E-state index in [2.05, 4.69) is 22.4 Å². The smallest absolute Gasteiger partial charge is 0.150 e. The van der Waals surface area contributed by atoms with E-state index in [9.17, 15) is 4.39 Å². The second-order valence-electron chi connectivity index (χ2n) is 3.94. The molecule has 0 unspecified atom stereocenters. The Kier molecular flexibility index (Phi) is 4.78. The quantitative estimate of drug-likeness (QED) is 0.816. The van der Waals surface area contributed by atoms with Crippen molar-refractivity contribution >= 4 is 11.3 Å². The van der Waals surface area contributed by atoms with Crippen molar-refractivity contribution in [3.05, 3.63) is 35.1 Å². The molecule has 0 radical (unpaired) electrons. The second-order valence-corrected chi connectivity index (χ2v) is 5.00. The van der Waals surface area contributed by atoms with Crippen LogP contribution in [0.2, 0.25) is 0 Å². The van der Waals surface area contributed by atoms with E-state index in [1.165, 1.54) is 17.4 Å². The molecule has 0 bridgehead atoms. The Bertz CT molecular complexity index is 498. The third-order valence-corrected chi connectivity index (χ3v) is 3.58. The fourth-order valence-electron chi connectivity index (χ4n) is 1.64. The van der Waals surface area contributed by atoms with Crippen LogP contribution < -0.4 is 5.32 Å². The molecule has 1 heterocycles. The Labute approximate surface area is 110 Å². The largest absolute Gasteiger partial charge is 0.317 e. The van der Waals surface area contributed by atoms with Gasteiger partial charge in [-0.1, -0.05) is 30.4 Å². The maximum absolute atomic E-state index is 13.6. The molecule has 2 aromatic rings. The summed E-state index contributed by atoms with van der Waals surface area (Å²) in [6, 6.07) is 6.67. The lowest BCUT2D eigenvalue weighted by molar-refractivity contribution is 0.631. The molecular formula is C13H16FN3S. The number of nitrogens with zero attached hydrogens (tertiary/aromatic N) is 2. The van der Waals surface area contributed by atoms with Crippen LogP contribution >= 0.6 is 11.3 Å². The normalized spacial score (nSPS) is 10.8. The number of aromatic nitrogens is 2. The van der Waals surface area contributed by atoms with Crippen molar-refractivity contribution in [2.24, 2.45) is 0 Å². The van der Waals surface area contributed by atoms with Crippen LogP contribution in [0.15, 0.2) is 24.3 Å². The second kappa shape index (κ2) is 6.56. The molecule has 0 aliphatic heterocycles. The zero-order chi connectivity index (χ0) is 12.8. The summed E-state index contributed by atoms with van der Waals surface area (Å²) in [5.41, 5.74) is 0.535. The molecular weight excluding hydrogens is 249 g/mol. The first-order chi connectivity index (χ1) is 8.81. The zero-order valence-electron chi connectivity index (χ0n) is 10.3. The van der Waals surface area contributed by atoms with E-state index < -0.39 is 0 Å². The Morgan fingerprint density at radius 2 is 2.11 bits per heavy atom. The maximum atomic E-state index is 13.6. The highest BCUT2D eigenvalue weighted by atomic mass is 32.1. The highest BCUT2D eigenvalue weighted by molar-refractivity contribution is 7.14. The average Bonchev–Trinajstić information content (AvgIpc) is 2.84. The van der Waals surface area contributed by atoms with Gasteiger partial charge in [0.15, 0.2) is 5.01 Å². The Morgan fingerprint density at radius 3 is 2.89 bits per heavy atom. The number of rotatable bonds is 6. The molecule has 1 aromatic heterocycles. The fourth-order valence-corrected chi connectivity index (χ4v) is 2.55. The Hall–Kier alpha value is -1.33. The average molecular weight is 265 g/mol. The van der Waals surface area contributed by atoms with Crippen molar-refractivity contribution in [3.8, 4) is 10.6 Å². The standard InChI is InChI=1S/C13H16FN3S/c1-2-15-9-5-8-12-16-17-13(18-12)10-6-3-4-7-11(10)14/h3-4,6-7,15H,2,5,8-9H2,1H3. The van der Waals surface area contributed by atoms with E-state index in [1.807, 2.05) is 6.07 Å². The summed E-state index contributed by atoms with van der Waals surface area (Å²) in [5.74, 6) is -0.243. The van der Waals surface area contributed by atoms with Crippen LogP contribution in [0.25, 0.3) is 10.6 Å². The number of aryl methyl sites for hydroxylation is 1. The Balaban J connectivity index is 2.00. The van der Waals surface area contributed by atoms with Gasteiger partial charge in [0.2, 0.25) is 0 Å². The van der Waals surface area contributed by atoms with Gasteiger partial charge >= 0.3 is 0 Å². The first kappa shape index (κ1) is 13.1. The van der Waals surface area contributed by atoms with Crippen LogP contribution in [0, 0.1) is 5.82 Å². The van der Waals surface area contributed by atoms with Crippen molar-refractivity contribution in [2.45, 2.75) is 19.8 Å². The minimum atomic E-state index is -0.243. The van der Waals surface area contributed by atoms with Crippen molar-refractivity contribution in [1.29, 1.82) is 0 Å². The third kappa shape index (κ3) is 3.34. The van der Waals surface area contributed by atoms with Crippen LogP contribution in [0.1, 0.15) is 18.4 Å². The first-order valence-corrected chi connectivity index (χ1v) is 6.91. The van der Waals surface area contributed by atoms with Gasteiger partial charge in [-0.2, -0.15) is 0 Å². The summed E-state index contributed by atoms with van der Waals surface area (Å²) in [6.45, 7) is 4.04. The van der Waals surface area contributed by atoms with E-state index in [0.29, 0.717) is 10.6 Å². The van der Waals surface area contributed by atoms with Gasteiger partial charge in [0, 0.05) is 12.0 Å². The molecule has 0 amide bonds. The maximum Gasteiger partial charge on any atom is 0.150 e. The van der Waals surface area contributed by atoms with E-state index in [1.54, 1.807) is 12.1 Å². The molecule has 2 rings (SSSR count). The van der Waals surface area contributed by atoms with Crippen molar-refractivity contribution in [1.82, 2.24) is 15.5 Å². The predicted molar refractivity (Wildman–Crippen MR) is 72.2 cm³/mol. The van der Waals surface area contributed by atoms with E-state index in [0.717, 1.165) is 30.9 Å². The molecule has 18 heavy (non-hydrogen) atoms. The van der Waals surface area contributed by atoms with Gasteiger partial charge in [0.1, 0.15) is 10.8 Å². The minimum absolute atomic E-state index is 0.243. The van der Waals surface area contributed by atoms with Crippen LogP contribution in [0.3, 0.4) is 0 Å².